The Balaban J connectivity index is 0.000000155. The third kappa shape index (κ3) is 3.80. The first kappa shape index (κ1) is 16.8. The second-order valence-corrected chi connectivity index (χ2v) is 8.18. The van der Waals surface area contributed by atoms with E-state index in [1.807, 2.05) is 0 Å². The molecule has 2 bridgehead atoms. The molecule has 0 spiro atoms. The van der Waals surface area contributed by atoms with Gasteiger partial charge in [-0.2, -0.15) is 0 Å². The number of rotatable bonds is 2. The molecule has 2 fully saturated rings. The third-order valence-electron chi connectivity index (χ3n) is 5.79. The van der Waals surface area contributed by atoms with Crippen LogP contribution in [0, 0.1) is 11.8 Å². The van der Waals surface area contributed by atoms with E-state index in [1.54, 1.807) is 5.57 Å². The number of allylic oxidation sites excluding steroid dienone is 4. The molecular formula is C20H34O. The highest BCUT2D eigenvalue weighted by atomic mass is 16.5. The Morgan fingerprint density at radius 1 is 0.952 bits per heavy atom. The summed E-state index contributed by atoms with van der Waals surface area (Å²) in [5, 5.41) is 0. The van der Waals surface area contributed by atoms with E-state index in [2.05, 4.69) is 53.7 Å². The number of hydrogen-bond donors (Lipinski definition) is 0. The predicted octanol–water partition coefficient (Wildman–Crippen LogP) is 6.05. The van der Waals surface area contributed by atoms with Crippen LogP contribution in [0.2, 0.25) is 0 Å². The lowest BCUT2D eigenvalue weighted by Gasteiger charge is -2.28. The maximum Gasteiger partial charge on any atom is 0.0714 e. The Hall–Kier alpha value is -0.560. The van der Waals surface area contributed by atoms with Gasteiger partial charge in [0.05, 0.1) is 11.2 Å². The van der Waals surface area contributed by atoms with Gasteiger partial charge in [0.1, 0.15) is 0 Å². The number of hydrogen-bond acceptors (Lipinski definition) is 1. The molecule has 2 heterocycles. The van der Waals surface area contributed by atoms with Gasteiger partial charge in [-0.1, -0.05) is 51.0 Å². The minimum atomic E-state index is 0.254. The maximum absolute atomic E-state index is 6.11. The summed E-state index contributed by atoms with van der Waals surface area (Å²) in [7, 11) is 0. The van der Waals surface area contributed by atoms with Crippen LogP contribution >= 0.6 is 0 Å². The fraction of sp³-hybridized carbons (Fsp3) is 0.800. The molecule has 2 aliphatic heterocycles. The minimum Gasteiger partial charge on any atom is -0.369 e. The van der Waals surface area contributed by atoms with Crippen LogP contribution in [0.15, 0.2) is 23.3 Å². The van der Waals surface area contributed by atoms with Gasteiger partial charge in [0.25, 0.3) is 0 Å². The van der Waals surface area contributed by atoms with E-state index in [0.29, 0.717) is 5.92 Å². The summed E-state index contributed by atoms with van der Waals surface area (Å²) >= 11 is 0. The van der Waals surface area contributed by atoms with Crippen molar-refractivity contribution in [1.29, 1.82) is 0 Å². The molecule has 0 aromatic heterocycles. The van der Waals surface area contributed by atoms with Crippen molar-refractivity contribution in [1.82, 2.24) is 0 Å². The number of ether oxygens (including phenoxy) is 1. The summed E-state index contributed by atoms with van der Waals surface area (Å²) in [6.45, 7) is 13.6. The van der Waals surface area contributed by atoms with Crippen LogP contribution in [0.4, 0.5) is 0 Å². The van der Waals surface area contributed by atoms with Crippen molar-refractivity contribution in [2.75, 3.05) is 0 Å². The zero-order valence-electron chi connectivity index (χ0n) is 15.0. The van der Waals surface area contributed by atoms with Gasteiger partial charge in [0, 0.05) is 0 Å². The molecule has 1 aliphatic carbocycles. The van der Waals surface area contributed by atoms with Crippen LogP contribution in [0.3, 0.4) is 0 Å². The van der Waals surface area contributed by atoms with Crippen LogP contribution in [-0.2, 0) is 4.74 Å². The van der Waals surface area contributed by atoms with E-state index in [0.717, 1.165) is 5.92 Å². The molecule has 0 atom stereocenters. The van der Waals surface area contributed by atoms with Crippen LogP contribution in [0.25, 0.3) is 0 Å². The van der Waals surface area contributed by atoms with Gasteiger partial charge in [-0.25, -0.2) is 0 Å². The van der Waals surface area contributed by atoms with Gasteiger partial charge in [-0.3, -0.25) is 0 Å². The van der Waals surface area contributed by atoms with E-state index in [-0.39, 0.29) is 11.2 Å². The van der Waals surface area contributed by atoms with Crippen LogP contribution < -0.4 is 0 Å². The minimum absolute atomic E-state index is 0.254. The summed E-state index contributed by atoms with van der Waals surface area (Å²) in [5.74, 6) is 1.44. The van der Waals surface area contributed by atoms with Gasteiger partial charge < -0.3 is 4.74 Å². The van der Waals surface area contributed by atoms with Crippen LogP contribution in [-0.4, -0.2) is 11.2 Å². The molecule has 0 N–H and O–H groups in total. The molecule has 21 heavy (non-hydrogen) atoms. The highest BCUT2D eigenvalue weighted by molar-refractivity contribution is 5.23. The topological polar surface area (TPSA) is 9.23 Å². The van der Waals surface area contributed by atoms with Crippen molar-refractivity contribution in [3.63, 3.8) is 0 Å². The molecule has 2 saturated heterocycles. The molecule has 0 unspecified atom stereocenters. The van der Waals surface area contributed by atoms with Gasteiger partial charge in [0.2, 0.25) is 0 Å². The molecule has 0 aromatic carbocycles. The van der Waals surface area contributed by atoms with Crippen molar-refractivity contribution in [3.8, 4) is 0 Å². The predicted molar refractivity (Wildman–Crippen MR) is 91.4 cm³/mol. The van der Waals surface area contributed by atoms with E-state index >= 15 is 0 Å². The first-order chi connectivity index (χ1) is 9.76. The average Bonchev–Trinajstić information content (AvgIpc) is 2.95. The molecular weight excluding hydrogens is 256 g/mol. The molecule has 3 rings (SSSR count). The summed E-state index contributed by atoms with van der Waals surface area (Å²) in [4.78, 5) is 0. The molecule has 0 amide bonds. The zero-order valence-corrected chi connectivity index (χ0v) is 15.0. The molecule has 3 aliphatic rings. The lowest BCUT2D eigenvalue weighted by molar-refractivity contribution is -0.0632. The smallest absolute Gasteiger partial charge is 0.0714 e. The third-order valence-corrected chi connectivity index (χ3v) is 5.79. The van der Waals surface area contributed by atoms with Crippen LogP contribution in [0.5, 0.6) is 0 Å². The maximum atomic E-state index is 6.11. The highest BCUT2D eigenvalue weighted by Crippen LogP contribution is 2.53. The average molecular weight is 290 g/mol. The van der Waals surface area contributed by atoms with Gasteiger partial charge >= 0.3 is 0 Å². The molecule has 0 aromatic rings. The quantitative estimate of drug-likeness (QED) is 0.601. The fourth-order valence-corrected chi connectivity index (χ4v) is 3.83. The lowest BCUT2D eigenvalue weighted by Crippen LogP contribution is -2.31. The van der Waals surface area contributed by atoms with Gasteiger partial charge in [-0.15, -0.1) is 0 Å². The molecule has 1 nitrogen and oxygen atoms in total. The fourth-order valence-electron chi connectivity index (χ4n) is 3.83. The molecule has 0 radical (unpaired) electrons. The highest BCUT2D eigenvalue weighted by Gasteiger charge is 2.54. The molecule has 120 valence electrons. The zero-order chi connectivity index (χ0) is 15.7. The van der Waals surface area contributed by atoms with Crippen molar-refractivity contribution < 1.29 is 4.74 Å². The normalized spacial score (nSPS) is 34.7. The Morgan fingerprint density at radius 2 is 1.57 bits per heavy atom. The largest absolute Gasteiger partial charge is 0.369 e. The van der Waals surface area contributed by atoms with E-state index in [1.165, 1.54) is 44.1 Å². The summed E-state index contributed by atoms with van der Waals surface area (Å²) in [5.41, 5.74) is 3.65. The second-order valence-electron chi connectivity index (χ2n) is 8.18. The summed E-state index contributed by atoms with van der Waals surface area (Å²) in [6, 6.07) is 0. The monoisotopic (exact) mass is 290 g/mol. The SMILES string of the molecule is CC(C)C12CCC(C)(CC1)O2.CC1=CC=C(C(C)C)CC1. The Bertz CT molecular complexity index is 417. The Morgan fingerprint density at radius 3 is 1.86 bits per heavy atom. The van der Waals surface area contributed by atoms with E-state index < -0.39 is 0 Å². The van der Waals surface area contributed by atoms with Crippen molar-refractivity contribution >= 4 is 0 Å². The summed E-state index contributed by atoms with van der Waals surface area (Å²) < 4.78 is 6.11. The van der Waals surface area contributed by atoms with Crippen LogP contribution in [0.1, 0.15) is 80.1 Å². The Kier molecular flexibility index (Phi) is 5.03. The van der Waals surface area contributed by atoms with E-state index in [4.69, 9.17) is 4.74 Å². The van der Waals surface area contributed by atoms with Gasteiger partial charge in [-0.05, 0) is 64.2 Å². The first-order valence-corrected chi connectivity index (χ1v) is 8.83. The number of fused-ring (bicyclic) bond motifs is 2. The first-order valence-electron chi connectivity index (χ1n) is 8.83. The molecule has 1 heteroatoms. The van der Waals surface area contributed by atoms with Crippen molar-refractivity contribution in [3.05, 3.63) is 23.3 Å². The summed E-state index contributed by atoms with van der Waals surface area (Å²) in [6.07, 6.45) is 12.2. The Labute approximate surface area is 131 Å². The van der Waals surface area contributed by atoms with Crippen molar-refractivity contribution in [2.24, 2.45) is 11.8 Å². The van der Waals surface area contributed by atoms with Crippen molar-refractivity contribution in [2.45, 2.75) is 91.3 Å². The van der Waals surface area contributed by atoms with E-state index in [9.17, 15) is 0 Å². The second kappa shape index (κ2) is 6.28. The lowest BCUT2D eigenvalue weighted by atomic mass is 9.77. The van der Waals surface area contributed by atoms with Gasteiger partial charge in [0.15, 0.2) is 0 Å². The standard InChI is InChI=1S/C10H18O.C10H16/c1-8(2)10-6-4-9(3,11-10)5-7-10;1-8(2)10-6-4-9(3)5-7-10/h8H,4-7H2,1-3H3;4,6,8H,5,7H2,1-3H3. The molecule has 0 saturated carbocycles.